The number of carboxylic acids is 1. The number of hydrogen-bond acceptors (Lipinski definition) is 5. The summed E-state index contributed by atoms with van der Waals surface area (Å²) in [5.41, 5.74) is 0.857. The Balaban J connectivity index is 1.72. The van der Waals surface area contributed by atoms with Crippen molar-refractivity contribution in [2.45, 2.75) is 11.7 Å². The van der Waals surface area contributed by atoms with Gasteiger partial charge in [0.2, 0.25) is 11.8 Å². The van der Waals surface area contributed by atoms with Crippen LogP contribution in [0, 0.1) is 5.82 Å². The predicted molar refractivity (Wildman–Crippen MR) is 105 cm³/mol. The number of carboxylic acid groups (broad SMARTS) is 1. The van der Waals surface area contributed by atoms with Crippen LogP contribution in [-0.2, 0) is 9.59 Å². The maximum absolute atomic E-state index is 13.3. The highest BCUT2D eigenvalue weighted by atomic mass is 32.2. The molecule has 0 aromatic heterocycles. The number of benzene rings is 2. The van der Waals surface area contributed by atoms with Crippen LogP contribution in [0.3, 0.4) is 0 Å². The molecule has 1 saturated heterocycles. The van der Waals surface area contributed by atoms with Crippen molar-refractivity contribution >= 4 is 46.1 Å². The molecule has 1 fully saturated rings. The molecule has 144 valence electrons. The molecule has 0 saturated carbocycles. The van der Waals surface area contributed by atoms with Crippen LogP contribution in [0.5, 0.6) is 0 Å². The zero-order valence-corrected chi connectivity index (χ0v) is 15.6. The first kappa shape index (κ1) is 19.6. The van der Waals surface area contributed by atoms with E-state index >= 15 is 0 Å². The summed E-state index contributed by atoms with van der Waals surface area (Å²) in [5.74, 6) is -2.30. The van der Waals surface area contributed by atoms with E-state index in [0.717, 1.165) is 16.7 Å². The van der Waals surface area contributed by atoms with Crippen LogP contribution in [0.2, 0.25) is 0 Å². The van der Waals surface area contributed by atoms with Crippen molar-refractivity contribution in [3.05, 3.63) is 59.9 Å². The summed E-state index contributed by atoms with van der Waals surface area (Å²) < 4.78 is 13.3. The Morgan fingerprint density at radius 3 is 2.57 bits per heavy atom. The molecule has 2 aromatic rings. The lowest BCUT2D eigenvalue weighted by molar-refractivity contribution is -0.121. The lowest BCUT2D eigenvalue weighted by Crippen LogP contribution is -2.31. The van der Waals surface area contributed by atoms with Crippen LogP contribution < -0.4 is 10.2 Å². The first-order chi connectivity index (χ1) is 13.4. The van der Waals surface area contributed by atoms with Crippen LogP contribution in [-0.4, -0.2) is 40.4 Å². The van der Waals surface area contributed by atoms with Crippen molar-refractivity contribution in [2.75, 3.05) is 17.3 Å². The number of nitrogens with zero attached hydrogens (tertiary/aromatic N) is 2. The summed E-state index contributed by atoms with van der Waals surface area (Å²) >= 11 is 1.08. The van der Waals surface area contributed by atoms with Gasteiger partial charge in [0.25, 0.3) is 0 Å². The second-order valence-corrected chi connectivity index (χ2v) is 7.09. The Bertz CT molecular complexity index is 962. The molecule has 3 rings (SSSR count). The number of thioether (sulfide) groups is 1. The number of hydrogen-bond donors (Lipinski definition) is 2. The fraction of sp³-hybridized carbons (Fsp3) is 0.158. The van der Waals surface area contributed by atoms with Crippen LogP contribution in [0.25, 0.3) is 0 Å². The third kappa shape index (κ3) is 4.20. The second-order valence-electron chi connectivity index (χ2n) is 5.89. The van der Waals surface area contributed by atoms with E-state index in [1.54, 1.807) is 12.1 Å². The molecule has 0 spiro atoms. The van der Waals surface area contributed by atoms with Gasteiger partial charge in [0, 0.05) is 19.2 Å². The summed E-state index contributed by atoms with van der Waals surface area (Å²) in [6.07, 6.45) is -0.0198. The quantitative estimate of drug-likeness (QED) is 0.464. The van der Waals surface area contributed by atoms with E-state index in [1.807, 2.05) is 0 Å². The van der Waals surface area contributed by atoms with E-state index in [2.05, 4.69) is 10.3 Å². The molecule has 0 unspecified atom stereocenters. The van der Waals surface area contributed by atoms with Gasteiger partial charge in [-0.25, -0.2) is 14.1 Å². The number of amides is 2. The van der Waals surface area contributed by atoms with E-state index in [-0.39, 0.29) is 17.9 Å². The molecule has 2 amide bonds. The largest absolute Gasteiger partial charge is 0.478 e. The fourth-order valence-electron chi connectivity index (χ4n) is 2.68. The smallest absolute Gasteiger partial charge is 0.335 e. The number of carbonyl (C=O) groups excluding carboxylic acids is 2. The monoisotopic (exact) mass is 401 g/mol. The van der Waals surface area contributed by atoms with Gasteiger partial charge in [-0.3, -0.25) is 14.6 Å². The van der Waals surface area contributed by atoms with Crippen LogP contribution in [0.1, 0.15) is 16.8 Å². The zero-order valence-electron chi connectivity index (χ0n) is 14.8. The SMILES string of the molecule is CN=C(Nc1cccc(F)c1)S[C@H]1CC(=O)N(c2ccc(C(=O)O)cc2)C1=O. The van der Waals surface area contributed by atoms with Crippen molar-refractivity contribution in [2.24, 2.45) is 4.99 Å². The van der Waals surface area contributed by atoms with Crippen molar-refractivity contribution in [1.82, 2.24) is 0 Å². The Labute approximate surface area is 164 Å². The first-order valence-electron chi connectivity index (χ1n) is 8.25. The second kappa shape index (κ2) is 8.22. The summed E-state index contributed by atoms with van der Waals surface area (Å²) in [6.45, 7) is 0. The highest BCUT2D eigenvalue weighted by Gasteiger charge is 2.40. The lowest BCUT2D eigenvalue weighted by Gasteiger charge is -2.16. The van der Waals surface area contributed by atoms with E-state index < -0.39 is 22.9 Å². The Hall–Kier alpha value is -3.20. The van der Waals surface area contributed by atoms with Crippen molar-refractivity contribution in [3.8, 4) is 0 Å². The number of nitrogens with one attached hydrogen (secondary N) is 1. The minimum Gasteiger partial charge on any atom is -0.478 e. The van der Waals surface area contributed by atoms with Gasteiger partial charge in [-0.2, -0.15) is 0 Å². The Morgan fingerprint density at radius 2 is 1.96 bits per heavy atom. The van der Waals surface area contributed by atoms with E-state index in [9.17, 15) is 18.8 Å². The minimum atomic E-state index is -1.09. The van der Waals surface area contributed by atoms with E-state index in [1.165, 1.54) is 43.4 Å². The standard InChI is InChI=1S/C19H16FN3O4S/c1-21-19(22-13-4-2-3-12(20)9-13)28-15-10-16(24)23(17(15)25)14-7-5-11(6-8-14)18(26)27/h2-9,15H,10H2,1H3,(H,21,22)(H,26,27)/t15-/m0/s1. The van der Waals surface area contributed by atoms with Crippen LogP contribution in [0.4, 0.5) is 15.8 Å². The number of imide groups is 1. The number of rotatable bonds is 4. The van der Waals surface area contributed by atoms with Gasteiger partial charge < -0.3 is 10.4 Å². The fourth-order valence-corrected chi connectivity index (χ4v) is 3.67. The average Bonchev–Trinajstić information content (AvgIpc) is 2.94. The Kier molecular flexibility index (Phi) is 5.74. The topological polar surface area (TPSA) is 99.1 Å². The zero-order chi connectivity index (χ0) is 20.3. The van der Waals surface area contributed by atoms with Gasteiger partial charge in [-0.05, 0) is 42.5 Å². The molecule has 1 atom stereocenters. The average molecular weight is 401 g/mol. The summed E-state index contributed by atoms with van der Waals surface area (Å²) in [7, 11) is 1.53. The van der Waals surface area contributed by atoms with Gasteiger partial charge in [0.1, 0.15) is 11.1 Å². The number of halogens is 1. The molecule has 0 radical (unpaired) electrons. The number of aromatic carboxylic acids is 1. The normalized spacial score (nSPS) is 17.1. The molecule has 1 aliphatic heterocycles. The van der Waals surface area contributed by atoms with Crippen LogP contribution in [0.15, 0.2) is 53.5 Å². The third-order valence-corrected chi connectivity index (χ3v) is 5.17. The van der Waals surface area contributed by atoms with Gasteiger partial charge in [-0.1, -0.05) is 17.8 Å². The van der Waals surface area contributed by atoms with Crippen molar-refractivity contribution < 1.29 is 23.9 Å². The van der Waals surface area contributed by atoms with Gasteiger partial charge in [-0.15, -0.1) is 0 Å². The van der Waals surface area contributed by atoms with Crippen molar-refractivity contribution in [1.29, 1.82) is 0 Å². The van der Waals surface area contributed by atoms with Crippen LogP contribution >= 0.6 is 11.8 Å². The number of anilines is 2. The molecule has 1 heterocycles. The molecule has 7 nitrogen and oxygen atoms in total. The Morgan fingerprint density at radius 1 is 1.25 bits per heavy atom. The van der Waals surface area contributed by atoms with Gasteiger partial charge in [0.15, 0.2) is 5.17 Å². The number of amidine groups is 1. The van der Waals surface area contributed by atoms with Gasteiger partial charge >= 0.3 is 5.97 Å². The summed E-state index contributed by atoms with van der Waals surface area (Å²) in [6, 6.07) is 11.3. The lowest BCUT2D eigenvalue weighted by atomic mass is 10.2. The molecule has 2 aromatic carbocycles. The molecule has 0 aliphatic carbocycles. The predicted octanol–water partition coefficient (Wildman–Crippen LogP) is 2.99. The maximum atomic E-state index is 13.3. The molecule has 1 aliphatic rings. The molecular weight excluding hydrogens is 385 g/mol. The van der Waals surface area contributed by atoms with E-state index in [4.69, 9.17) is 5.11 Å². The molecule has 2 N–H and O–H groups in total. The number of carbonyl (C=O) groups is 3. The molecular formula is C19H16FN3O4S. The summed E-state index contributed by atoms with van der Waals surface area (Å²) in [4.78, 5) is 41.1. The third-order valence-electron chi connectivity index (χ3n) is 4.01. The molecule has 0 bridgehead atoms. The molecule has 9 heteroatoms. The highest BCUT2D eigenvalue weighted by molar-refractivity contribution is 8.15. The van der Waals surface area contributed by atoms with Crippen molar-refractivity contribution in [3.63, 3.8) is 0 Å². The number of aliphatic imine (C=N–C) groups is 1. The van der Waals surface area contributed by atoms with E-state index in [0.29, 0.717) is 16.5 Å². The first-order valence-corrected chi connectivity index (χ1v) is 9.13. The highest BCUT2D eigenvalue weighted by Crippen LogP contribution is 2.31. The minimum absolute atomic E-state index is 0.0198. The van der Waals surface area contributed by atoms with Gasteiger partial charge in [0.05, 0.1) is 11.3 Å². The maximum Gasteiger partial charge on any atom is 0.335 e. The summed E-state index contributed by atoms with van der Waals surface area (Å²) in [5, 5.41) is 11.6. The molecule has 28 heavy (non-hydrogen) atoms.